The first-order valence-corrected chi connectivity index (χ1v) is 10.4. The Labute approximate surface area is 174 Å². The highest BCUT2D eigenvalue weighted by molar-refractivity contribution is 8.14. The number of rotatable bonds is 2. The van der Waals surface area contributed by atoms with Crippen molar-refractivity contribution in [3.8, 4) is 0 Å². The van der Waals surface area contributed by atoms with E-state index in [9.17, 15) is 22.4 Å². The van der Waals surface area contributed by atoms with Gasteiger partial charge in [-0.25, -0.2) is 9.38 Å². The van der Waals surface area contributed by atoms with Crippen molar-refractivity contribution in [2.45, 2.75) is 56.7 Å². The third-order valence-corrected chi connectivity index (χ3v) is 6.56. The summed E-state index contributed by atoms with van der Waals surface area (Å²) in [7, 11) is 0. The minimum Gasteiger partial charge on any atom is -0.375 e. The predicted octanol–water partition coefficient (Wildman–Crippen LogP) is 5.35. The van der Waals surface area contributed by atoms with Crippen molar-refractivity contribution in [3.05, 3.63) is 51.1 Å². The monoisotopic (exact) mass is 443 g/mol. The quantitative estimate of drug-likeness (QED) is 0.637. The van der Waals surface area contributed by atoms with Crippen molar-refractivity contribution < 1.29 is 22.3 Å². The van der Waals surface area contributed by atoms with Crippen LogP contribution in [-0.2, 0) is 10.9 Å². The summed E-state index contributed by atoms with van der Waals surface area (Å²) in [6, 6.07) is 3.07. The minimum atomic E-state index is -4.82. The molecular weight excluding hydrogens is 422 g/mol. The molecule has 5 nitrogen and oxygen atoms in total. The lowest BCUT2D eigenvalue weighted by molar-refractivity contribution is -0.140. The average Bonchev–Trinajstić information content (AvgIpc) is 2.96. The van der Waals surface area contributed by atoms with Crippen molar-refractivity contribution in [2.24, 2.45) is 4.99 Å². The second-order valence-electron chi connectivity index (χ2n) is 8.14. The number of alkyl halides is 3. The maximum atomic E-state index is 14.9. The Hall–Kier alpha value is -2.07. The molecule has 1 aromatic carbocycles. The van der Waals surface area contributed by atoms with Gasteiger partial charge in [-0.15, -0.1) is 0 Å². The number of H-pyrrole nitrogens is 1. The largest absolute Gasteiger partial charge is 0.419 e. The lowest BCUT2D eigenvalue weighted by Gasteiger charge is -2.36. The summed E-state index contributed by atoms with van der Waals surface area (Å²) in [6.45, 7) is 6.12. The van der Waals surface area contributed by atoms with E-state index in [0.29, 0.717) is 36.4 Å². The van der Waals surface area contributed by atoms with Crippen molar-refractivity contribution in [1.29, 1.82) is 0 Å². The van der Waals surface area contributed by atoms with Gasteiger partial charge in [-0.2, -0.15) is 13.2 Å². The molecule has 162 valence electrons. The number of nitrogens with one attached hydrogen (secondary N) is 1. The molecule has 2 aliphatic rings. The molecule has 0 unspecified atom stereocenters. The summed E-state index contributed by atoms with van der Waals surface area (Å²) in [4.78, 5) is 17.3. The van der Waals surface area contributed by atoms with Gasteiger partial charge in [0.05, 0.1) is 33.1 Å². The van der Waals surface area contributed by atoms with Crippen LogP contribution in [0.25, 0.3) is 0 Å². The van der Waals surface area contributed by atoms with Crippen molar-refractivity contribution in [3.63, 3.8) is 0 Å². The molecule has 1 fully saturated rings. The highest BCUT2D eigenvalue weighted by Gasteiger charge is 2.39. The first-order valence-electron chi connectivity index (χ1n) is 9.54. The van der Waals surface area contributed by atoms with E-state index in [1.807, 2.05) is 13.8 Å². The van der Waals surface area contributed by atoms with Crippen molar-refractivity contribution >= 4 is 22.6 Å². The molecule has 10 heteroatoms. The molecule has 0 aliphatic carbocycles. The zero-order valence-electron chi connectivity index (χ0n) is 16.6. The highest BCUT2D eigenvalue weighted by atomic mass is 32.2. The SMILES string of the molecule is CC1=Nc2c(c(=O)[nH]n2[C@H]2CCOC(C)(C)C2)[C@H](c2cccc(C(F)(F)F)c2F)S1. The lowest BCUT2D eigenvalue weighted by Crippen LogP contribution is -2.35. The van der Waals surface area contributed by atoms with Crippen molar-refractivity contribution in [2.75, 3.05) is 6.61 Å². The molecule has 0 amide bonds. The second-order valence-corrected chi connectivity index (χ2v) is 9.44. The van der Waals surface area contributed by atoms with E-state index < -0.39 is 28.4 Å². The Morgan fingerprint density at radius 3 is 2.73 bits per heavy atom. The molecule has 0 radical (unpaired) electrons. The van der Waals surface area contributed by atoms with Crippen LogP contribution < -0.4 is 5.56 Å². The molecule has 0 spiro atoms. The number of fused-ring (bicyclic) bond motifs is 1. The number of hydrogen-bond donors (Lipinski definition) is 1. The number of benzene rings is 1. The predicted molar refractivity (Wildman–Crippen MR) is 107 cm³/mol. The molecule has 2 aliphatic heterocycles. The third kappa shape index (κ3) is 3.71. The molecule has 2 atom stereocenters. The van der Waals surface area contributed by atoms with Gasteiger partial charge in [-0.05, 0) is 39.7 Å². The Bertz CT molecular complexity index is 1070. The average molecular weight is 443 g/mol. The molecule has 30 heavy (non-hydrogen) atoms. The van der Waals surface area contributed by atoms with Gasteiger partial charge in [0, 0.05) is 12.2 Å². The number of halogens is 4. The maximum Gasteiger partial charge on any atom is 0.419 e. The number of ether oxygens (including phenoxy) is 1. The van der Waals surface area contributed by atoms with Crippen molar-refractivity contribution in [1.82, 2.24) is 9.78 Å². The van der Waals surface area contributed by atoms with Crippen LogP contribution in [0.1, 0.15) is 61.6 Å². The highest BCUT2D eigenvalue weighted by Crippen LogP contribution is 2.47. The molecule has 1 N–H and O–H groups in total. The van der Waals surface area contributed by atoms with Crippen LogP contribution in [0.2, 0.25) is 0 Å². The number of thioether (sulfide) groups is 1. The number of aromatic nitrogens is 2. The van der Waals surface area contributed by atoms with Crippen LogP contribution in [0.3, 0.4) is 0 Å². The molecule has 0 saturated carbocycles. The fourth-order valence-electron chi connectivity index (χ4n) is 4.08. The van der Waals surface area contributed by atoms with Gasteiger partial charge in [0.2, 0.25) is 0 Å². The molecule has 3 heterocycles. The summed E-state index contributed by atoms with van der Waals surface area (Å²) in [5.41, 5.74) is -2.20. The Balaban J connectivity index is 1.83. The van der Waals surface area contributed by atoms with Crippen LogP contribution in [-0.4, -0.2) is 27.0 Å². The van der Waals surface area contributed by atoms with Crippen LogP contribution in [0.5, 0.6) is 0 Å². The zero-order valence-corrected chi connectivity index (χ0v) is 17.5. The Kier molecular flexibility index (Phi) is 5.13. The normalized spacial score (nSPS) is 23.8. The van der Waals surface area contributed by atoms with E-state index in [2.05, 4.69) is 10.1 Å². The molecule has 1 aromatic heterocycles. The van der Waals surface area contributed by atoms with E-state index in [0.717, 1.165) is 17.8 Å². The Morgan fingerprint density at radius 2 is 2.07 bits per heavy atom. The molecule has 1 saturated heterocycles. The summed E-state index contributed by atoms with van der Waals surface area (Å²) < 4.78 is 61.9. The summed E-state index contributed by atoms with van der Waals surface area (Å²) in [6.07, 6.45) is -3.53. The minimum absolute atomic E-state index is 0.0862. The van der Waals surface area contributed by atoms with Gasteiger partial charge in [0.15, 0.2) is 5.82 Å². The van der Waals surface area contributed by atoms with Gasteiger partial charge >= 0.3 is 6.18 Å². The first kappa shape index (κ1) is 21.2. The number of nitrogens with zero attached hydrogens (tertiary/aromatic N) is 2. The lowest BCUT2D eigenvalue weighted by atomic mass is 9.94. The topological polar surface area (TPSA) is 59.4 Å². The van der Waals surface area contributed by atoms with E-state index >= 15 is 0 Å². The number of aliphatic imine (C=N–C) groups is 1. The summed E-state index contributed by atoms with van der Waals surface area (Å²) >= 11 is 1.07. The zero-order chi connectivity index (χ0) is 21.8. The molecule has 0 bridgehead atoms. The second kappa shape index (κ2) is 7.26. The van der Waals surface area contributed by atoms with E-state index in [1.54, 1.807) is 11.6 Å². The Morgan fingerprint density at radius 1 is 1.33 bits per heavy atom. The van der Waals surface area contributed by atoms with E-state index in [1.165, 1.54) is 6.07 Å². The summed E-state index contributed by atoms with van der Waals surface area (Å²) in [5, 5.41) is 2.41. The van der Waals surface area contributed by atoms with Gasteiger partial charge in [-0.3, -0.25) is 14.6 Å². The standard InChI is InChI=1S/C20H21F4N3O2S/c1-10-25-17-14(18(28)26-27(17)11-7-8-29-19(2,3)9-11)16(30-10)12-5-4-6-13(15(12)21)20(22,23)24/h4-6,11,16H,7-9H2,1-3H3,(H,26,28)/t11-,16-/m0/s1. The van der Waals surface area contributed by atoms with Crippen LogP contribution in [0.4, 0.5) is 23.4 Å². The van der Waals surface area contributed by atoms with Gasteiger partial charge in [-0.1, -0.05) is 23.9 Å². The molecular formula is C20H21F4N3O2S. The molecule has 2 aromatic rings. The van der Waals surface area contributed by atoms with Crippen LogP contribution in [0.15, 0.2) is 28.0 Å². The fraction of sp³-hybridized carbons (Fsp3) is 0.500. The maximum absolute atomic E-state index is 14.9. The van der Waals surface area contributed by atoms with Crippen LogP contribution in [0, 0.1) is 5.82 Å². The third-order valence-electron chi connectivity index (χ3n) is 5.40. The number of aromatic amines is 1. The molecule has 4 rings (SSSR count). The first-order chi connectivity index (χ1) is 14.0. The summed E-state index contributed by atoms with van der Waals surface area (Å²) in [5.74, 6) is -1.01. The fourth-order valence-corrected chi connectivity index (χ4v) is 5.20. The van der Waals surface area contributed by atoms with E-state index in [-0.39, 0.29) is 22.8 Å². The van der Waals surface area contributed by atoms with Gasteiger partial charge < -0.3 is 4.74 Å². The van der Waals surface area contributed by atoms with Gasteiger partial charge in [0.25, 0.3) is 5.56 Å². The van der Waals surface area contributed by atoms with Gasteiger partial charge in [0.1, 0.15) is 5.82 Å². The van der Waals surface area contributed by atoms with E-state index in [4.69, 9.17) is 4.74 Å². The smallest absolute Gasteiger partial charge is 0.375 e. The number of hydrogen-bond acceptors (Lipinski definition) is 4. The van der Waals surface area contributed by atoms with Crippen LogP contribution >= 0.6 is 11.8 Å².